The van der Waals surface area contributed by atoms with E-state index in [0.717, 1.165) is 51.9 Å². The van der Waals surface area contributed by atoms with Crippen LogP contribution in [-0.2, 0) is 14.1 Å². The molecule has 1 fully saturated rings. The number of anilines is 1. The van der Waals surface area contributed by atoms with Crippen molar-refractivity contribution < 1.29 is 4.57 Å². The van der Waals surface area contributed by atoms with E-state index < -0.39 is 0 Å². The Labute approximate surface area is 190 Å². The predicted molar refractivity (Wildman–Crippen MR) is 127 cm³/mol. The number of hydrogen-bond acceptors (Lipinski definition) is 4. The van der Waals surface area contributed by atoms with Gasteiger partial charge in [0.15, 0.2) is 0 Å². The minimum Gasteiger partial charge on any atom is -0.343 e. The third kappa shape index (κ3) is 3.21. The molecule has 1 atom stereocenters. The Morgan fingerprint density at radius 3 is 2.79 bits per heavy atom. The Balaban J connectivity index is 1.50. The Kier molecular flexibility index (Phi) is 4.36. The fourth-order valence-corrected chi connectivity index (χ4v) is 4.72. The fraction of sp³-hybridized carbons (Fsp3) is 0.280. The lowest BCUT2D eigenvalue weighted by atomic mass is 10.00. The van der Waals surface area contributed by atoms with Crippen LogP contribution in [0.5, 0.6) is 0 Å². The van der Waals surface area contributed by atoms with Crippen molar-refractivity contribution in [3.63, 3.8) is 0 Å². The Hall–Kier alpha value is -3.94. The van der Waals surface area contributed by atoms with Crippen LogP contribution in [0.2, 0.25) is 0 Å². The monoisotopic (exact) mass is 440 g/mol. The van der Waals surface area contributed by atoms with Crippen molar-refractivity contribution in [1.29, 1.82) is 0 Å². The molecule has 1 aliphatic carbocycles. The van der Waals surface area contributed by atoms with Crippen molar-refractivity contribution in [2.75, 3.05) is 5.32 Å². The smallest absolute Gasteiger partial charge is 0.310 e. The van der Waals surface area contributed by atoms with Crippen molar-refractivity contribution in [3.05, 3.63) is 77.2 Å². The van der Waals surface area contributed by atoms with Crippen LogP contribution in [0.25, 0.3) is 27.5 Å². The number of aromatic nitrogens is 6. The summed E-state index contributed by atoms with van der Waals surface area (Å²) in [6.07, 6.45) is 9.65. The molecule has 1 saturated carbocycles. The molecule has 8 heteroatoms. The van der Waals surface area contributed by atoms with Crippen molar-refractivity contribution in [2.24, 2.45) is 14.1 Å². The van der Waals surface area contributed by atoms with Gasteiger partial charge in [0.05, 0.1) is 43.1 Å². The molecule has 0 spiro atoms. The van der Waals surface area contributed by atoms with Crippen LogP contribution in [0.15, 0.2) is 66.0 Å². The summed E-state index contributed by atoms with van der Waals surface area (Å²) in [7, 11) is 3.89. The maximum Gasteiger partial charge on any atom is 0.310 e. The number of nitrogens with zero attached hydrogens (tertiary/aromatic N) is 6. The van der Waals surface area contributed by atoms with E-state index in [2.05, 4.69) is 28.5 Å². The van der Waals surface area contributed by atoms with E-state index in [0.29, 0.717) is 0 Å². The van der Waals surface area contributed by atoms with Crippen molar-refractivity contribution in [3.8, 4) is 11.1 Å². The molecule has 1 aromatic carbocycles. The zero-order chi connectivity index (χ0) is 22.7. The Morgan fingerprint density at radius 1 is 1.18 bits per heavy atom. The highest BCUT2D eigenvalue weighted by Crippen LogP contribution is 2.38. The third-order valence-corrected chi connectivity index (χ3v) is 6.52. The van der Waals surface area contributed by atoms with Crippen LogP contribution in [0.4, 0.5) is 5.82 Å². The summed E-state index contributed by atoms with van der Waals surface area (Å²) in [4.78, 5) is 13.9. The lowest BCUT2D eigenvalue weighted by molar-refractivity contribution is -0.648. The third-order valence-electron chi connectivity index (χ3n) is 6.52. The number of benzene rings is 1. The second-order valence-electron chi connectivity index (χ2n) is 8.93. The number of fused-ring (bicyclic) bond motifs is 2. The molecule has 0 saturated heterocycles. The molecule has 0 radical (unpaired) electrons. The molecule has 6 rings (SSSR count). The quantitative estimate of drug-likeness (QED) is 0.425. The van der Waals surface area contributed by atoms with Gasteiger partial charge in [0.1, 0.15) is 0 Å². The summed E-state index contributed by atoms with van der Waals surface area (Å²) >= 11 is 0. The first-order valence-corrected chi connectivity index (χ1v) is 11.3. The van der Waals surface area contributed by atoms with E-state index >= 15 is 0 Å². The zero-order valence-electron chi connectivity index (χ0n) is 18.9. The predicted octanol–water partition coefficient (Wildman–Crippen LogP) is 3.38. The van der Waals surface area contributed by atoms with E-state index in [1.54, 1.807) is 10.9 Å². The van der Waals surface area contributed by atoms with Crippen LogP contribution in [0, 0.1) is 0 Å². The first-order valence-electron chi connectivity index (χ1n) is 11.3. The van der Waals surface area contributed by atoms with Crippen LogP contribution in [0.3, 0.4) is 0 Å². The van der Waals surface area contributed by atoms with Gasteiger partial charge in [-0.05, 0) is 36.8 Å². The minimum absolute atomic E-state index is 0.0711. The molecule has 166 valence electrons. The topological polar surface area (TPSA) is 73.0 Å². The molecular formula is C25H26N7O+. The minimum atomic E-state index is -0.0788. The molecule has 1 aliphatic rings. The van der Waals surface area contributed by atoms with Gasteiger partial charge in [0.25, 0.3) is 5.56 Å². The molecule has 5 aromatic rings. The SMILES string of the molecule is CC(Nc1cc[n+](C)c2ccnn12)c1cc2cccc(-c3cnn(C)c3)c2c(=O)n1C1CC1. The number of aryl methyl sites for hydroxylation is 2. The Bertz CT molecular complexity index is 1570. The standard InChI is InChI=1S/C25H25N7O/c1-16(28-22-10-12-29(2)23-9-11-26-32(22)23)21-13-17-5-4-6-20(18-14-27-30(3)15-18)24(17)25(33)31(21)19-7-8-19/h4-6,9-16,19H,7-8H2,1-3H3/p+1. The average molecular weight is 441 g/mol. The van der Waals surface area contributed by atoms with Crippen LogP contribution in [0.1, 0.15) is 37.5 Å². The highest BCUT2D eigenvalue weighted by Gasteiger charge is 2.30. The molecule has 4 aromatic heterocycles. The molecule has 1 N–H and O–H groups in total. The van der Waals surface area contributed by atoms with Crippen LogP contribution >= 0.6 is 0 Å². The largest absolute Gasteiger partial charge is 0.343 e. The van der Waals surface area contributed by atoms with E-state index in [-0.39, 0.29) is 17.6 Å². The number of nitrogens with one attached hydrogen (secondary N) is 1. The highest BCUT2D eigenvalue weighted by atomic mass is 16.1. The molecule has 1 unspecified atom stereocenters. The van der Waals surface area contributed by atoms with E-state index in [1.807, 2.05) is 76.7 Å². The average Bonchev–Trinajstić information content (AvgIpc) is 3.33. The molecule has 33 heavy (non-hydrogen) atoms. The van der Waals surface area contributed by atoms with Gasteiger partial charge in [-0.3, -0.25) is 9.48 Å². The maximum absolute atomic E-state index is 13.9. The molecule has 8 nitrogen and oxygen atoms in total. The second-order valence-corrected chi connectivity index (χ2v) is 8.93. The zero-order valence-corrected chi connectivity index (χ0v) is 18.9. The molecule has 0 aliphatic heterocycles. The van der Waals surface area contributed by atoms with Crippen molar-refractivity contribution in [1.82, 2.24) is 24.0 Å². The number of pyridine rings is 1. The fourth-order valence-electron chi connectivity index (χ4n) is 4.72. The van der Waals surface area contributed by atoms with Gasteiger partial charge in [-0.2, -0.15) is 5.10 Å². The number of hydrogen-bond donors (Lipinski definition) is 1. The summed E-state index contributed by atoms with van der Waals surface area (Å²) in [5.74, 6) is 0.889. The summed E-state index contributed by atoms with van der Waals surface area (Å²) in [6, 6.07) is 12.4. The van der Waals surface area contributed by atoms with E-state index in [9.17, 15) is 4.79 Å². The molecule has 0 amide bonds. The lowest BCUT2D eigenvalue weighted by Crippen LogP contribution is -2.31. The van der Waals surface area contributed by atoms with Gasteiger partial charge < -0.3 is 9.88 Å². The maximum atomic E-state index is 13.9. The van der Waals surface area contributed by atoms with Gasteiger partial charge in [0, 0.05) is 36.6 Å². The second kappa shape index (κ2) is 7.30. The lowest BCUT2D eigenvalue weighted by Gasteiger charge is -2.21. The number of rotatable bonds is 5. The Morgan fingerprint density at radius 2 is 2.03 bits per heavy atom. The summed E-state index contributed by atoms with van der Waals surface area (Å²) in [6.45, 7) is 2.10. The highest BCUT2D eigenvalue weighted by molar-refractivity contribution is 5.96. The molecule has 0 bridgehead atoms. The van der Waals surface area contributed by atoms with Gasteiger partial charge in [-0.1, -0.05) is 27.8 Å². The van der Waals surface area contributed by atoms with E-state index in [4.69, 9.17) is 0 Å². The van der Waals surface area contributed by atoms with Crippen molar-refractivity contribution in [2.45, 2.75) is 31.8 Å². The summed E-state index contributed by atoms with van der Waals surface area (Å²) in [5.41, 5.74) is 3.95. The normalized spacial score (nSPS) is 14.8. The van der Waals surface area contributed by atoms with Gasteiger partial charge in [0.2, 0.25) is 5.82 Å². The van der Waals surface area contributed by atoms with Gasteiger partial charge >= 0.3 is 5.65 Å². The first kappa shape index (κ1) is 19.7. The first-order chi connectivity index (χ1) is 16.0. The van der Waals surface area contributed by atoms with Gasteiger partial charge in [-0.15, -0.1) is 0 Å². The summed E-state index contributed by atoms with van der Waals surface area (Å²) in [5, 5.41) is 14.1. The van der Waals surface area contributed by atoms with Crippen LogP contribution < -0.4 is 15.4 Å². The summed E-state index contributed by atoms with van der Waals surface area (Å²) < 4.78 is 7.68. The van der Waals surface area contributed by atoms with E-state index in [1.165, 1.54) is 0 Å². The van der Waals surface area contributed by atoms with Gasteiger partial charge in [-0.25, -0.2) is 4.57 Å². The molecule has 4 heterocycles. The van der Waals surface area contributed by atoms with Crippen LogP contribution in [-0.4, -0.2) is 24.0 Å². The molecular weight excluding hydrogens is 414 g/mol. The van der Waals surface area contributed by atoms with Crippen molar-refractivity contribution >= 4 is 22.2 Å².